The van der Waals surface area contributed by atoms with Crippen molar-refractivity contribution >= 4 is 17.9 Å². The van der Waals surface area contributed by atoms with Gasteiger partial charge in [0.15, 0.2) is 0 Å². The van der Waals surface area contributed by atoms with E-state index < -0.39 is 0 Å². The standard InChI is InChI=1S/C18H24N2O2/c1-4-5-6-17(21)19-8-7-14-11-15-9-12(2)13(3)10-16(15)20-18(14)22/h9-11,14H,4-8H2,1-3H3,(H,19,21). The van der Waals surface area contributed by atoms with Crippen LogP contribution in [0.2, 0.25) is 0 Å². The normalized spacial score (nSPS) is 16.5. The Balaban J connectivity index is 2.01. The number of fused-ring (bicyclic) bond motifs is 1. The average Bonchev–Trinajstić information content (AvgIpc) is 2.48. The molecule has 4 nitrogen and oxygen atoms in total. The lowest BCUT2D eigenvalue weighted by Gasteiger charge is -2.13. The summed E-state index contributed by atoms with van der Waals surface area (Å²) < 4.78 is 0. The number of carbonyl (C=O) groups excluding carboxylic acids is 2. The van der Waals surface area contributed by atoms with E-state index in [1.54, 1.807) is 0 Å². The molecule has 0 aromatic heterocycles. The lowest BCUT2D eigenvalue weighted by atomic mass is 9.98. The van der Waals surface area contributed by atoms with Crippen molar-refractivity contribution in [1.29, 1.82) is 0 Å². The number of nitrogens with zero attached hydrogens (tertiary/aromatic N) is 1. The van der Waals surface area contributed by atoms with Gasteiger partial charge < -0.3 is 5.32 Å². The summed E-state index contributed by atoms with van der Waals surface area (Å²) in [5.74, 6) is -0.284. The van der Waals surface area contributed by atoms with Crippen LogP contribution < -0.4 is 15.9 Å². The Hall–Kier alpha value is -1.97. The number of nitrogens with one attached hydrogen (secondary N) is 1. The molecule has 1 aromatic carbocycles. The Kier molecular flexibility index (Phi) is 5.47. The van der Waals surface area contributed by atoms with Crippen LogP contribution in [0.4, 0.5) is 0 Å². The van der Waals surface area contributed by atoms with Crippen LogP contribution in [0.5, 0.6) is 0 Å². The van der Waals surface area contributed by atoms with Crippen molar-refractivity contribution in [2.24, 2.45) is 10.9 Å². The van der Waals surface area contributed by atoms with Crippen molar-refractivity contribution in [3.8, 4) is 0 Å². The van der Waals surface area contributed by atoms with Crippen molar-refractivity contribution in [2.45, 2.75) is 46.5 Å². The van der Waals surface area contributed by atoms with Crippen LogP contribution in [0, 0.1) is 19.8 Å². The number of hydrogen-bond acceptors (Lipinski definition) is 2. The zero-order chi connectivity index (χ0) is 16.1. The molecule has 0 spiro atoms. The average molecular weight is 300 g/mol. The third-order valence-electron chi connectivity index (χ3n) is 4.11. The summed E-state index contributed by atoms with van der Waals surface area (Å²) in [7, 11) is 0. The van der Waals surface area contributed by atoms with Gasteiger partial charge in [0.25, 0.3) is 5.91 Å². The molecular formula is C18H24N2O2. The fourth-order valence-electron chi connectivity index (χ4n) is 2.54. The molecule has 22 heavy (non-hydrogen) atoms. The molecule has 2 amide bonds. The highest BCUT2D eigenvalue weighted by molar-refractivity contribution is 5.86. The maximum Gasteiger partial charge on any atom is 0.253 e. The smallest absolute Gasteiger partial charge is 0.253 e. The van der Waals surface area contributed by atoms with E-state index in [-0.39, 0.29) is 17.7 Å². The molecule has 1 aliphatic heterocycles. The van der Waals surface area contributed by atoms with Crippen LogP contribution in [0.1, 0.15) is 43.7 Å². The van der Waals surface area contributed by atoms with Gasteiger partial charge >= 0.3 is 0 Å². The number of unbranched alkanes of at least 4 members (excludes halogenated alkanes) is 1. The molecule has 1 atom stereocenters. The molecule has 2 rings (SSSR count). The summed E-state index contributed by atoms with van der Waals surface area (Å²) in [5.41, 5.74) is 2.34. The summed E-state index contributed by atoms with van der Waals surface area (Å²) in [5, 5.41) is 4.66. The second kappa shape index (κ2) is 7.34. The van der Waals surface area contributed by atoms with Gasteiger partial charge in [-0.2, -0.15) is 0 Å². The molecule has 0 aliphatic carbocycles. The van der Waals surface area contributed by atoms with E-state index in [1.807, 2.05) is 19.1 Å². The second-order valence-corrected chi connectivity index (χ2v) is 5.96. The molecule has 1 unspecified atom stereocenters. The zero-order valence-electron chi connectivity index (χ0n) is 13.6. The van der Waals surface area contributed by atoms with Crippen molar-refractivity contribution in [3.63, 3.8) is 0 Å². The van der Waals surface area contributed by atoms with E-state index in [9.17, 15) is 9.59 Å². The molecule has 1 aromatic rings. The molecular weight excluding hydrogens is 276 g/mol. The van der Waals surface area contributed by atoms with Gasteiger partial charge in [0, 0.05) is 13.0 Å². The fraction of sp³-hybridized carbons (Fsp3) is 0.500. The molecule has 4 heteroatoms. The van der Waals surface area contributed by atoms with E-state index in [1.165, 1.54) is 5.56 Å². The van der Waals surface area contributed by atoms with Crippen LogP contribution >= 0.6 is 0 Å². The summed E-state index contributed by atoms with van der Waals surface area (Å²) in [6, 6.07) is 4.04. The fourth-order valence-corrected chi connectivity index (χ4v) is 2.54. The first-order valence-electron chi connectivity index (χ1n) is 7.99. The molecule has 0 saturated carbocycles. The van der Waals surface area contributed by atoms with Crippen LogP contribution in [-0.2, 0) is 9.59 Å². The Morgan fingerprint density at radius 1 is 1.27 bits per heavy atom. The summed E-state index contributed by atoms with van der Waals surface area (Å²) >= 11 is 0. The molecule has 0 radical (unpaired) electrons. The maximum absolute atomic E-state index is 12.1. The Bertz CT molecular complexity index is 692. The SMILES string of the molecule is CCCCC(=O)NCCC1C=c2cc(C)c(C)cc2=NC1=O. The van der Waals surface area contributed by atoms with E-state index in [0.717, 1.165) is 29.0 Å². The van der Waals surface area contributed by atoms with Gasteiger partial charge in [0.1, 0.15) is 0 Å². The van der Waals surface area contributed by atoms with E-state index in [2.05, 4.69) is 30.2 Å². The molecule has 0 saturated heterocycles. The third-order valence-corrected chi connectivity index (χ3v) is 4.11. The van der Waals surface area contributed by atoms with E-state index in [4.69, 9.17) is 0 Å². The third kappa shape index (κ3) is 4.03. The highest BCUT2D eigenvalue weighted by Crippen LogP contribution is 2.10. The van der Waals surface area contributed by atoms with Gasteiger partial charge in [-0.15, -0.1) is 0 Å². The van der Waals surface area contributed by atoms with Crippen LogP contribution in [0.3, 0.4) is 0 Å². The minimum Gasteiger partial charge on any atom is -0.356 e. The molecule has 1 aliphatic rings. The quantitative estimate of drug-likeness (QED) is 0.866. The maximum atomic E-state index is 12.1. The summed E-state index contributed by atoms with van der Waals surface area (Å²) in [4.78, 5) is 27.9. The number of aryl methyl sites for hydroxylation is 2. The minimum absolute atomic E-state index is 0.0638. The summed E-state index contributed by atoms with van der Waals surface area (Å²) in [6.07, 6.45) is 5.06. The highest BCUT2D eigenvalue weighted by atomic mass is 16.2. The first kappa shape index (κ1) is 16.4. The first-order chi connectivity index (χ1) is 10.5. The molecule has 1 heterocycles. The molecule has 1 N–H and O–H groups in total. The minimum atomic E-state index is -0.235. The van der Waals surface area contributed by atoms with Crippen LogP contribution in [0.25, 0.3) is 6.08 Å². The van der Waals surface area contributed by atoms with Crippen molar-refractivity contribution < 1.29 is 9.59 Å². The number of carbonyl (C=O) groups is 2. The molecule has 118 valence electrons. The number of amides is 2. The van der Waals surface area contributed by atoms with Gasteiger partial charge in [-0.25, -0.2) is 4.99 Å². The molecule has 0 bridgehead atoms. The number of rotatable bonds is 6. The first-order valence-corrected chi connectivity index (χ1v) is 7.99. The zero-order valence-corrected chi connectivity index (χ0v) is 13.6. The largest absolute Gasteiger partial charge is 0.356 e. The number of benzene rings is 1. The Morgan fingerprint density at radius 2 is 2.00 bits per heavy atom. The van der Waals surface area contributed by atoms with Gasteiger partial charge in [-0.1, -0.05) is 19.4 Å². The molecule has 0 fully saturated rings. The van der Waals surface area contributed by atoms with Crippen molar-refractivity contribution in [2.75, 3.05) is 6.54 Å². The Morgan fingerprint density at radius 3 is 2.73 bits per heavy atom. The van der Waals surface area contributed by atoms with Crippen molar-refractivity contribution in [1.82, 2.24) is 5.32 Å². The van der Waals surface area contributed by atoms with Crippen LogP contribution in [0.15, 0.2) is 17.1 Å². The predicted octanol–water partition coefficient (Wildman–Crippen LogP) is 1.56. The topological polar surface area (TPSA) is 58.5 Å². The van der Waals surface area contributed by atoms with Gasteiger partial charge in [0.2, 0.25) is 5.91 Å². The monoisotopic (exact) mass is 300 g/mol. The van der Waals surface area contributed by atoms with Gasteiger partial charge in [-0.3, -0.25) is 9.59 Å². The highest BCUT2D eigenvalue weighted by Gasteiger charge is 2.18. The van der Waals surface area contributed by atoms with Gasteiger partial charge in [-0.05, 0) is 55.2 Å². The van der Waals surface area contributed by atoms with Crippen molar-refractivity contribution in [3.05, 3.63) is 33.8 Å². The van der Waals surface area contributed by atoms with Crippen LogP contribution in [-0.4, -0.2) is 18.4 Å². The van der Waals surface area contributed by atoms with E-state index in [0.29, 0.717) is 19.4 Å². The second-order valence-electron chi connectivity index (χ2n) is 5.96. The van der Waals surface area contributed by atoms with Gasteiger partial charge in [0.05, 0.1) is 11.3 Å². The predicted molar refractivity (Wildman–Crippen MR) is 86.8 cm³/mol. The van der Waals surface area contributed by atoms with E-state index >= 15 is 0 Å². The number of hydrogen-bond donors (Lipinski definition) is 1. The lowest BCUT2D eigenvalue weighted by molar-refractivity contribution is -0.122. The summed E-state index contributed by atoms with van der Waals surface area (Å²) in [6.45, 7) is 6.66. The lowest BCUT2D eigenvalue weighted by Crippen LogP contribution is -2.35. The Labute approximate surface area is 131 Å².